The Morgan fingerprint density at radius 1 is 1.64 bits per heavy atom. The van der Waals surface area contributed by atoms with Crippen LogP contribution in [0.1, 0.15) is 24.6 Å². The number of rotatable bonds is 6. The summed E-state index contributed by atoms with van der Waals surface area (Å²) in [5.41, 5.74) is 5.81. The van der Waals surface area contributed by atoms with Crippen LogP contribution in [0.25, 0.3) is 0 Å². The van der Waals surface area contributed by atoms with E-state index < -0.39 is 0 Å². The molecule has 1 atom stereocenters. The SMILES string of the molecule is CCC(N)CCNCc1cc(Br)cs1. The minimum atomic E-state index is 0.345. The van der Waals surface area contributed by atoms with Crippen molar-refractivity contribution in [3.63, 3.8) is 0 Å². The lowest BCUT2D eigenvalue weighted by molar-refractivity contribution is 0.551. The highest BCUT2D eigenvalue weighted by atomic mass is 79.9. The van der Waals surface area contributed by atoms with Crippen LogP contribution in [0, 0.1) is 0 Å². The Morgan fingerprint density at radius 3 is 3.00 bits per heavy atom. The molecule has 0 aliphatic heterocycles. The molecule has 3 N–H and O–H groups in total. The van der Waals surface area contributed by atoms with Gasteiger partial charge in [-0.25, -0.2) is 0 Å². The molecule has 0 bridgehead atoms. The predicted octanol–water partition coefficient (Wildman–Crippen LogP) is 2.73. The lowest BCUT2D eigenvalue weighted by Crippen LogP contribution is -2.25. The smallest absolute Gasteiger partial charge is 0.0300 e. The molecule has 1 unspecified atom stereocenters. The van der Waals surface area contributed by atoms with Gasteiger partial charge in [-0.05, 0) is 41.4 Å². The normalized spacial score (nSPS) is 13.1. The van der Waals surface area contributed by atoms with Crippen LogP contribution in [0.4, 0.5) is 0 Å². The van der Waals surface area contributed by atoms with Gasteiger partial charge in [0.15, 0.2) is 0 Å². The van der Waals surface area contributed by atoms with Gasteiger partial charge in [0, 0.05) is 27.3 Å². The van der Waals surface area contributed by atoms with Gasteiger partial charge < -0.3 is 11.1 Å². The van der Waals surface area contributed by atoms with Crippen LogP contribution >= 0.6 is 27.3 Å². The third kappa shape index (κ3) is 4.55. The Kier molecular flexibility index (Phi) is 5.70. The molecule has 14 heavy (non-hydrogen) atoms. The molecule has 0 saturated heterocycles. The molecule has 80 valence electrons. The lowest BCUT2D eigenvalue weighted by Gasteiger charge is -2.08. The van der Waals surface area contributed by atoms with Gasteiger partial charge >= 0.3 is 0 Å². The van der Waals surface area contributed by atoms with Gasteiger partial charge in [0.05, 0.1) is 0 Å². The first-order chi connectivity index (χ1) is 6.72. The highest BCUT2D eigenvalue weighted by Crippen LogP contribution is 2.19. The van der Waals surface area contributed by atoms with Crippen LogP contribution in [-0.2, 0) is 6.54 Å². The maximum Gasteiger partial charge on any atom is 0.0300 e. The first-order valence-electron chi connectivity index (χ1n) is 4.91. The van der Waals surface area contributed by atoms with Crippen LogP contribution in [0.5, 0.6) is 0 Å². The van der Waals surface area contributed by atoms with Crippen molar-refractivity contribution in [2.75, 3.05) is 6.54 Å². The molecule has 1 heterocycles. The van der Waals surface area contributed by atoms with E-state index in [2.05, 4.69) is 39.6 Å². The zero-order chi connectivity index (χ0) is 10.4. The Morgan fingerprint density at radius 2 is 2.43 bits per heavy atom. The number of hydrogen-bond acceptors (Lipinski definition) is 3. The number of nitrogens with one attached hydrogen (secondary N) is 1. The minimum Gasteiger partial charge on any atom is -0.328 e. The summed E-state index contributed by atoms with van der Waals surface area (Å²) < 4.78 is 1.17. The molecule has 4 heteroatoms. The monoisotopic (exact) mass is 276 g/mol. The topological polar surface area (TPSA) is 38.0 Å². The Bertz CT molecular complexity index is 262. The molecule has 0 aromatic carbocycles. The van der Waals surface area contributed by atoms with E-state index in [-0.39, 0.29) is 0 Å². The summed E-state index contributed by atoms with van der Waals surface area (Å²) in [6.45, 7) is 4.08. The van der Waals surface area contributed by atoms with Crippen molar-refractivity contribution in [2.24, 2.45) is 5.73 Å². The number of nitrogens with two attached hydrogens (primary N) is 1. The Balaban J connectivity index is 2.10. The van der Waals surface area contributed by atoms with Gasteiger partial charge in [-0.2, -0.15) is 0 Å². The largest absolute Gasteiger partial charge is 0.328 e. The molecule has 2 nitrogen and oxygen atoms in total. The van der Waals surface area contributed by atoms with E-state index in [1.165, 1.54) is 9.35 Å². The van der Waals surface area contributed by atoms with Crippen molar-refractivity contribution in [1.82, 2.24) is 5.32 Å². The second-order valence-corrected chi connectivity index (χ2v) is 5.28. The first-order valence-corrected chi connectivity index (χ1v) is 6.59. The average Bonchev–Trinajstić information content (AvgIpc) is 2.58. The van der Waals surface area contributed by atoms with Gasteiger partial charge in [0.25, 0.3) is 0 Å². The van der Waals surface area contributed by atoms with E-state index in [1.54, 1.807) is 11.3 Å². The van der Waals surface area contributed by atoms with Crippen LogP contribution in [-0.4, -0.2) is 12.6 Å². The predicted molar refractivity (Wildman–Crippen MR) is 66.6 cm³/mol. The van der Waals surface area contributed by atoms with Gasteiger partial charge in [0.2, 0.25) is 0 Å². The fourth-order valence-electron chi connectivity index (χ4n) is 1.15. The molecule has 1 aromatic heterocycles. The lowest BCUT2D eigenvalue weighted by atomic mass is 10.2. The molecule has 0 amide bonds. The van der Waals surface area contributed by atoms with Crippen molar-refractivity contribution in [2.45, 2.75) is 32.4 Å². The summed E-state index contributed by atoms with van der Waals surface area (Å²) in [6, 6.07) is 2.50. The zero-order valence-electron chi connectivity index (χ0n) is 8.42. The van der Waals surface area contributed by atoms with Gasteiger partial charge in [-0.1, -0.05) is 6.92 Å². The van der Waals surface area contributed by atoms with E-state index in [4.69, 9.17) is 5.73 Å². The zero-order valence-corrected chi connectivity index (χ0v) is 10.8. The standard InChI is InChI=1S/C10H17BrN2S/c1-2-9(12)3-4-13-6-10-5-8(11)7-14-10/h5,7,9,13H,2-4,6,12H2,1H3. The molecule has 0 saturated carbocycles. The number of hydrogen-bond donors (Lipinski definition) is 2. The van der Waals surface area contributed by atoms with E-state index >= 15 is 0 Å². The van der Waals surface area contributed by atoms with Gasteiger partial charge in [-0.3, -0.25) is 0 Å². The van der Waals surface area contributed by atoms with E-state index in [1.807, 2.05) is 0 Å². The number of thiophene rings is 1. The maximum absolute atomic E-state index is 5.81. The van der Waals surface area contributed by atoms with E-state index in [0.29, 0.717) is 6.04 Å². The second-order valence-electron chi connectivity index (χ2n) is 3.37. The highest BCUT2D eigenvalue weighted by molar-refractivity contribution is 9.10. The molecule has 0 spiro atoms. The fourth-order valence-corrected chi connectivity index (χ4v) is 2.57. The maximum atomic E-state index is 5.81. The minimum absolute atomic E-state index is 0.345. The number of halogens is 1. The highest BCUT2D eigenvalue weighted by Gasteiger charge is 1.99. The van der Waals surface area contributed by atoms with Crippen molar-refractivity contribution < 1.29 is 0 Å². The van der Waals surface area contributed by atoms with Gasteiger partial charge in [0.1, 0.15) is 0 Å². The molecule has 1 aromatic rings. The van der Waals surface area contributed by atoms with Crippen LogP contribution in [0.3, 0.4) is 0 Å². The third-order valence-corrected chi connectivity index (χ3v) is 3.83. The summed E-state index contributed by atoms with van der Waals surface area (Å²) in [5, 5.41) is 5.50. The van der Waals surface area contributed by atoms with Crippen molar-refractivity contribution in [3.05, 3.63) is 20.8 Å². The third-order valence-electron chi connectivity index (χ3n) is 2.14. The summed E-state index contributed by atoms with van der Waals surface area (Å²) in [6.07, 6.45) is 2.12. The Hall–Kier alpha value is 0.1000. The first kappa shape index (κ1) is 12.2. The fraction of sp³-hybridized carbons (Fsp3) is 0.600. The molecule has 0 aliphatic rings. The van der Waals surface area contributed by atoms with Gasteiger partial charge in [-0.15, -0.1) is 11.3 Å². The summed E-state index contributed by atoms with van der Waals surface area (Å²) in [5.74, 6) is 0. The Labute approximate surface area is 98.0 Å². The van der Waals surface area contributed by atoms with E-state index in [0.717, 1.165) is 25.9 Å². The molecule has 0 aliphatic carbocycles. The molecule has 0 fully saturated rings. The quantitative estimate of drug-likeness (QED) is 0.785. The van der Waals surface area contributed by atoms with Crippen LogP contribution in [0.2, 0.25) is 0 Å². The van der Waals surface area contributed by atoms with Crippen LogP contribution in [0.15, 0.2) is 15.9 Å². The van der Waals surface area contributed by atoms with Crippen molar-refractivity contribution in [1.29, 1.82) is 0 Å². The van der Waals surface area contributed by atoms with Crippen LogP contribution < -0.4 is 11.1 Å². The molecular formula is C10H17BrN2S. The average molecular weight is 277 g/mol. The van der Waals surface area contributed by atoms with Crippen molar-refractivity contribution >= 4 is 27.3 Å². The summed E-state index contributed by atoms with van der Waals surface area (Å²) in [4.78, 5) is 1.36. The summed E-state index contributed by atoms with van der Waals surface area (Å²) >= 11 is 5.21. The van der Waals surface area contributed by atoms with Crippen molar-refractivity contribution in [3.8, 4) is 0 Å². The second kappa shape index (κ2) is 6.56. The molecule has 1 rings (SSSR count). The molecular weight excluding hydrogens is 260 g/mol. The molecule has 0 radical (unpaired) electrons. The van der Waals surface area contributed by atoms with E-state index in [9.17, 15) is 0 Å². The summed E-state index contributed by atoms with van der Waals surface area (Å²) in [7, 11) is 0.